The van der Waals surface area contributed by atoms with Gasteiger partial charge in [0.15, 0.2) is 0 Å². The van der Waals surface area contributed by atoms with Crippen molar-refractivity contribution in [2.45, 2.75) is 32.9 Å². The molecule has 1 rings (SSSR count). The van der Waals surface area contributed by atoms with Crippen molar-refractivity contribution in [1.29, 1.82) is 0 Å². The maximum Gasteiger partial charge on any atom is 0.412 e. The van der Waals surface area contributed by atoms with Crippen molar-refractivity contribution in [3.63, 3.8) is 0 Å². The zero-order valence-corrected chi connectivity index (χ0v) is 10.8. The molecule has 2 N–H and O–H groups in total. The number of nitrogens with one attached hydrogen (secondary N) is 2. The number of carbonyl (C=O) groups excluding carboxylic acids is 2. The first kappa shape index (κ1) is 14.0. The molecule has 0 bridgehead atoms. The van der Waals surface area contributed by atoms with Crippen LogP contribution < -0.4 is 10.6 Å². The maximum absolute atomic E-state index is 11.6. The molecule has 0 unspecified atom stereocenters. The zero-order chi connectivity index (χ0) is 13.6. The highest BCUT2D eigenvalue weighted by molar-refractivity contribution is 5.85. The third-order valence-electron chi connectivity index (χ3n) is 2.03. The molecule has 0 aliphatic rings. The van der Waals surface area contributed by atoms with E-state index in [2.05, 4.69) is 10.6 Å². The SMILES string of the molecule is CC(C)(C)OC(=O)Nc1ccccc1CNC=O. The molecule has 0 aromatic heterocycles. The van der Waals surface area contributed by atoms with E-state index in [9.17, 15) is 9.59 Å². The Kier molecular flexibility index (Phi) is 4.71. The van der Waals surface area contributed by atoms with E-state index in [1.165, 1.54) is 0 Å². The third kappa shape index (κ3) is 4.86. The van der Waals surface area contributed by atoms with Gasteiger partial charge in [-0.1, -0.05) is 18.2 Å². The van der Waals surface area contributed by atoms with Crippen LogP contribution in [0.25, 0.3) is 0 Å². The van der Waals surface area contributed by atoms with E-state index in [-0.39, 0.29) is 0 Å². The molecule has 0 radical (unpaired) electrons. The maximum atomic E-state index is 11.6. The second-order valence-corrected chi connectivity index (χ2v) is 4.78. The molecule has 0 heterocycles. The second-order valence-electron chi connectivity index (χ2n) is 4.78. The highest BCUT2D eigenvalue weighted by Crippen LogP contribution is 2.16. The average molecular weight is 250 g/mol. The summed E-state index contributed by atoms with van der Waals surface area (Å²) in [5, 5.41) is 5.21. The first-order valence-electron chi connectivity index (χ1n) is 5.67. The quantitative estimate of drug-likeness (QED) is 0.805. The Morgan fingerprint density at radius 2 is 2.00 bits per heavy atom. The average Bonchev–Trinajstić information content (AvgIpc) is 2.25. The molecule has 18 heavy (non-hydrogen) atoms. The number of ether oxygens (including phenoxy) is 1. The molecule has 1 aromatic carbocycles. The smallest absolute Gasteiger partial charge is 0.412 e. The number of para-hydroxylation sites is 1. The highest BCUT2D eigenvalue weighted by Gasteiger charge is 2.16. The lowest BCUT2D eigenvalue weighted by molar-refractivity contribution is -0.109. The van der Waals surface area contributed by atoms with Crippen LogP contribution in [0.3, 0.4) is 0 Å². The van der Waals surface area contributed by atoms with Crippen LogP contribution in [-0.2, 0) is 16.1 Å². The number of anilines is 1. The van der Waals surface area contributed by atoms with Gasteiger partial charge in [0.1, 0.15) is 5.60 Å². The summed E-state index contributed by atoms with van der Waals surface area (Å²) >= 11 is 0. The normalized spacial score (nSPS) is 10.6. The fraction of sp³-hybridized carbons (Fsp3) is 0.385. The van der Waals surface area contributed by atoms with Crippen LogP contribution in [0.1, 0.15) is 26.3 Å². The first-order chi connectivity index (χ1) is 8.42. The first-order valence-corrected chi connectivity index (χ1v) is 5.67. The number of hydrogen-bond donors (Lipinski definition) is 2. The molecule has 0 atom stereocenters. The summed E-state index contributed by atoms with van der Waals surface area (Å²) in [5.41, 5.74) is 0.900. The highest BCUT2D eigenvalue weighted by atomic mass is 16.6. The standard InChI is InChI=1S/C13H18N2O3/c1-13(2,3)18-12(17)15-11-7-5-4-6-10(11)8-14-9-16/h4-7,9H,8H2,1-3H3,(H,14,16)(H,15,17). The molecule has 5 heteroatoms. The predicted molar refractivity (Wildman–Crippen MR) is 69.2 cm³/mol. The van der Waals surface area contributed by atoms with Crippen LogP contribution in [0.15, 0.2) is 24.3 Å². The predicted octanol–water partition coefficient (Wildman–Crippen LogP) is 2.28. The summed E-state index contributed by atoms with van der Waals surface area (Å²) in [5.74, 6) is 0. The van der Waals surface area contributed by atoms with Crippen molar-refractivity contribution in [3.8, 4) is 0 Å². The molecule has 0 fully saturated rings. The van der Waals surface area contributed by atoms with Gasteiger partial charge in [-0.3, -0.25) is 10.1 Å². The largest absolute Gasteiger partial charge is 0.444 e. The molecule has 0 spiro atoms. The molecule has 1 aromatic rings. The van der Waals surface area contributed by atoms with Crippen LogP contribution in [0, 0.1) is 0 Å². The van der Waals surface area contributed by atoms with E-state index < -0.39 is 11.7 Å². The lowest BCUT2D eigenvalue weighted by Gasteiger charge is -2.20. The zero-order valence-electron chi connectivity index (χ0n) is 10.8. The Labute approximate surface area is 107 Å². The summed E-state index contributed by atoms with van der Waals surface area (Å²) in [4.78, 5) is 21.9. The van der Waals surface area contributed by atoms with Crippen molar-refractivity contribution < 1.29 is 14.3 Å². The van der Waals surface area contributed by atoms with E-state index >= 15 is 0 Å². The summed E-state index contributed by atoms with van der Waals surface area (Å²) in [7, 11) is 0. The van der Waals surface area contributed by atoms with Crippen molar-refractivity contribution in [1.82, 2.24) is 5.32 Å². The van der Waals surface area contributed by atoms with Gasteiger partial charge in [0.2, 0.25) is 6.41 Å². The third-order valence-corrected chi connectivity index (χ3v) is 2.03. The molecule has 0 aliphatic carbocycles. The molecule has 5 nitrogen and oxygen atoms in total. The van der Waals surface area contributed by atoms with E-state index in [1.807, 2.05) is 12.1 Å². The summed E-state index contributed by atoms with van der Waals surface area (Å²) < 4.78 is 5.16. The van der Waals surface area contributed by atoms with Crippen LogP contribution in [0.5, 0.6) is 0 Å². The van der Waals surface area contributed by atoms with Gasteiger partial charge < -0.3 is 10.1 Å². The number of rotatable bonds is 4. The minimum absolute atomic E-state index is 0.357. The Morgan fingerprint density at radius 1 is 1.33 bits per heavy atom. The van der Waals surface area contributed by atoms with Gasteiger partial charge in [-0.25, -0.2) is 4.79 Å². The lowest BCUT2D eigenvalue weighted by Crippen LogP contribution is -2.27. The molecule has 0 saturated carbocycles. The van der Waals surface area contributed by atoms with Crippen molar-refractivity contribution in [2.75, 3.05) is 5.32 Å². The van der Waals surface area contributed by atoms with E-state index in [0.717, 1.165) is 5.56 Å². The molecule has 2 amide bonds. The minimum Gasteiger partial charge on any atom is -0.444 e. The number of carbonyl (C=O) groups is 2. The monoisotopic (exact) mass is 250 g/mol. The summed E-state index contributed by atoms with van der Waals surface area (Å²) in [6.45, 7) is 5.75. The van der Waals surface area contributed by atoms with Crippen LogP contribution >= 0.6 is 0 Å². The number of amides is 2. The minimum atomic E-state index is -0.542. The van der Waals surface area contributed by atoms with E-state index in [4.69, 9.17) is 4.74 Å². The van der Waals surface area contributed by atoms with Gasteiger partial charge in [-0.15, -0.1) is 0 Å². The topological polar surface area (TPSA) is 67.4 Å². The fourth-order valence-corrected chi connectivity index (χ4v) is 1.36. The summed E-state index contributed by atoms with van der Waals surface area (Å²) in [6.07, 6.45) is 0.102. The Hall–Kier alpha value is -2.04. The molecule has 98 valence electrons. The second kappa shape index (κ2) is 6.05. The van der Waals surface area contributed by atoms with Crippen molar-refractivity contribution >= 4 is 18.2 Å². The summed E-state index contributed by atoms with van der Waals surface area (Å²) in [6, 6.07) is 7.22. The lowest BCUT2D eigenvalue weighted by atomic mass is 10.2. The van der Waals surface area contributed by atoms with Crippen LogP contribution in [0.2, 0.25) is 0 Å². The van der Waals surface area contributed by atoms with Gasteiger partial charge in [-0.2, -0.15) is 0 Å². The molecule has 0 aliphatic heterocycles. The molecular formula is C13H18N2O3. The van der Waals surface area contributed by atoms with Gasteiger partial charge in [0.05, 0.1) is 0 Å². The van der Waals surface area contributed by atoms with Crippen molar-refractivity contribution in [2.24, 2.45) is 0 Å². The van der Waals surface area contributed by atoms with Gasteiger partial charge in [-0.05, 0) is 32.4 Å². The Bertz CT molecular complexity index is 424. The molecular weight excluding hydrogens is 232 g/mol. The van der Waals surface area contributed by atoms with Crippen LogP contribution in [-0.4, -0.2) is 18.1 Å². The van der Waals surface area contributed by atoms with Crippen LogP contribution in [0.4, 0.5) is 10.5 Å². The van der Waals surface area contributed by atoms with E-state index in [1.54, 1.807) is 32.9 Å². The van der Waals surface area contributed by atoms with Gasteiger partial charge in [0, 0.05) is 12.2 Å². The van der Waals surface area contributed by atoms with E-state index in [0.29, 0.717) is 18.6 Å². The number of hydrogen-bond acceptors (Lipinski definition) is 3. The van der Waals surface area contributed by atoms with Gasteiger partial charge in [0.25, 0.3) is 0 Å². The molecule has 0 saturated heterocycles. The Morgan fingerprint density at radius 3 is 2.61 bits per heavy atom. The van der Waals surface area contributed by atoms with Crippen molar-refractivity contribution in [3.05, 3.63) is 29.8 Å². The van der Waals surface area contributed by atoms with Gasteiger partial charge >= 0.3 is 6.09 Å². The number of benzene rings is 1. The Balaban J connectivity index is 2.71. The fourth-order valence-electron chi connectivity index (χ4n) is 1.36.